The van der Waals surface area contributed by atoms with Gasteiger partial charge in [0, 0.05) is 38.6 Å². The van der Waals surface area contributed by atoms with E-state index in [1.165, 1.54) is 6.07 Å². The van der Waals surface area contributed by atoms with Gasteiger partial charge in [-0.05, 0) is 31.0 Å². The van der Waals surface area contributed by atoms with Gasteiger partial charge in [0.1, 0.15) is 12.2 Å². The lowest BCUT2D eigenvalue weighted by Gasteiger charge is -2.20. The van der Waals surface area contributed by atoms with Crippen LogP contribution in [0.15, 0.2) is 29.5 Å². The molecule has 0 saturated carbocycles. The lowest BCUT2D eigenvalue weighted by atomic mass is 10.1. The fourth-order valence-electron chi connectivity index (χ4n) is 3.20. The number of aromatic nitrogens is 3. The molecule has 3 rings (SSSR count). The number of halogens is 3. The van der Waals surface area contributed by atoms with Crippen molar-refractivity contribution in [3.05, 3.63) is 47.5 Å². The van der Waals surface area contributed by atoms with Crippen LogP contribution in [0.2, 0.25) is 0 Å². The minimum atomic E-state index is -0.856. The van der Waals surface area contributed by atoms with Gasteiger partial charge in [-0.15, -0.1) is 34.2 Å². The van der Waals surface area contributed by atoms with Gasteiger partial charge in [0.15, 0.2) is 17.6 Å². The highest BCUT2D eigenvalue weighted by Gasteiger charge is 2.16. The van der Waals surface area contributed by atoms with Gasteiger partial charge in [0.05, 0.1) is 12.6 Å². The lowest BCUT2D eigenvalue weighted by Crippen LogP contribution is -2.40. The summed E-state index contributed by atoms with van der Waals surface area (Å²) in [6, 6.07) is 3.68. The van der Waals surface area contributed by atoms with Crippen LogP contribution in [0.5, 0.6) is 0 Å². The molecule has 1 aliphatic heterocycles. The van der Waals surface area contributed by atoms with Gasteiger partial charge in [-0.25, -0.2) is 8.78 Å². The van der Waals surface area contributed by atoms with Crippen LogP contribution in [-0.4, -0.2) is 47.0 Å². The molecule has 0 amide bonds. The minimum Gasteiger partial charge on any atom is -0.381 e. The molecule has 1 saturated heterocycles. The molecule has 0 aliphatic carbocycles. The summed E-state index contributed by atoms with van der Waals surface area (Å²) >= 11 is 0. The number of ether oxygens (including phenoxy) is 1. The van der Waals surface area contributed by atoms with Gasteiger partial charge in [-0.2, -0.15) is 0 Å². The van der Waals surface area contributed by atoms with E-state index in [4.69, 9.17) is 4.74 Å². The second-order valence-electron chi connectivity index (χ2n) is 7.18. The average Bonchev–Trinajstić information content (AvgIpc) is 3.39. The molecule has 1 fully saturated rings. The molecule has 1 aliphatic rings. The van der Waals surface area contributed by atoms with Gasteiger partial charge < -0.3 is 19.9 Å². The van der Waals surface area contributed by atoms with Crippen molar-refractivity contribution in [1.29, 1.82) is 0 Å². The zero-order valence-electron chi connectivity index (χ0n) is 17.3. The first-order valence-electron chi connectivity index (χ1n) is 10.0. The highest BCUT2D eigenvalue weighted by molar-refractivity contribution is 14.0. The number of aliphatic imine (C=N–C) groups is 1. The number of benzene rings is 1. The van der Waals surface area contributed by atoms with Gasteiger partial charge in [0.25, 0.3) is 0 Å². The number of guanidine groups is 1. The first kappa shape index (κ1) is 24.4. The van der Waals surface area contributed by atoms with Gasteiger partial charge >= 0.3 is 0 Å². The van der Waals surface area contributed by atoms with E-state index < -0.39 is 11.6 Å². The molecule has 7 nitrogen and oxygen atoms in total. The van der Waals surface area contributed by atoms with Crippen molar-refractivity contribution in [2.45, 2.75) is 39.3 Å². The van der Waals surface area contributed by atoms with E-state index >= 15 is 0 Å². The summed E-state index contributed by atoms with van der Waals surface area (Å²) < 4.78 is 34.2. The number of hydrogen-bond acceptors (Lipinski definition) is 4. The topological polar surface area (TPSA) is 76.4 Å². The summed E-state index contributed by atoms with van der Waals surface area (Å²) in [6.45, 7) is 7.39. The van der Waals surface area contributed by atoms with Crippen molar-refractivity contribution in [2.75, 3.05) is 26.3 Å². The van der Waals surface area contributed by atoms with Crippen molar-refractivity contribution in [2.24, 2.45) is 10.9 Å². The molecule has 2 unspecified atom stereocenters. The van der Waals surface area contributed by atoms with Crippen LogP contribution < -0.4 is 10.6 Å². The third kappa shape index (κ3) is 6.86. The standard InChI is InChI=1S/C20H28F2N6O.HI/c1-3-19-27-25-13-28(19)8-7-23-20(24-11-15-6-9-29-12-15)26-14(2)16-4-5-17(21)18(22)10-16;/h4-5,10,13-15H,3,6-9,11-12H2,1-2H3,(H2,23,24,26);1H. The molecule has 166 valence electrons. The van der Waals surface area contributed by atoms with Crippen LogP contribution in [0.25, 0.3) is 0 Å². The lowest BCUT2D eigenvalue weighted by molar-refractivity contribution is 0.187. The normalized spacial score (nSPS) is 17.5. The molecule has 2 atom stereocenters. The molecular weight excluding hydrogens is 505 g/mol. The minimum absolute atomic E-state index is 0. The van der Waals surface area contributed by atoms with E-state index in [1.54, 1.807) is 12.4 Å². The largest absolute Gasteiger partial charge is 0.381 e. The maximum atomic E-state index is 13.6. The van der Waals surface area contributed by atoms with Crippen LogP contribution in [0, 0.1) is 17.6 Å². The first-order valence-corrected chi connectivity index (χ1v) is 10.0. The Balaban J connectivity index is 0.00000320. The Bertz CT molecular complexity index is 825. The van der Waals surface area contributed by atoms with E-state index in [1.807, 2.05) is 18.4 Å². The predicted molar refractivity (Wildman–Crippen MR) is 122 cm³/mol. The maximum absolute atomic E-state index is 13.6. The van der Waals surface area contributed by atoms with Crippen molar-refractivity contribution < 1.29 is 13.5 Å². The van der Waals surface area contributed by atoms with Crippen molar-refractivity contribution in [3.63, 3.8) is 0 Å². The quantitative estimate of drug-likeness (QED) is 0.310. The molecule has 0 spiro atoms. The SMILES string of the molecule is CCc1nncn1CCNC(=NCC1CCOC1)NC(C)c1ccc(F)c(F)c1.I. The van der Waals surface area contributed by atoms with E-state index in [0.29, 0.717) is 37.1 Å². The van der Waals surface area contributed by atoms with Crippen LogP contribution >= 0.6 is 24.0 Å². The molecule has 0 radical (unpaired) electrons. The molecule has 2 N–H and O–H groups in total. The number of nitrogens with zero attached hydrogens (tertiary/aromatic N) is 4. The molecule has 0 bridgehead atoms. The summed E-state index contributed by atoms with van der Waals surface area (Å²) in [5, 5.41) is 14.6. The predicted octanol–water partition coefficient (Wildman–Crippen LogP) is 3.07. The zero-order valence-corrected chi connectivity index (χ0v) is 19.6. The molecule has 2 aromatic rings. The first-order chi connectivity index (χ1) is 14.1. The molecule has 10 heteroatoms. The van der Waals surface area contributed by atoms with Crippen LogP contribution in [0.1, 0.15) is 37.7 Å². The van der Waals surface area contributed by atoms with Gasteiger partial charge in [-0.1, -0.05) is 13.0 Å². The highest BCUT2D eigenvalue weighted by atomic mass is 127. The third-order valence-electron chi connectivity index (χ3n) is 4.99. The molecule has 1 aromatic carbocycles. The number of aryl methyl sites for hydroxylation is 1. The molecular formula is C20H29F2IN6O. The Morgan fingerprint density at radius 3 is 2.90 bits per heavy atom. The fraction of sp³-hybridized carbons (Fsp3) is 0.550. The Labute approximate surface area is 192 Å². The Hall–Kier alpha value is -1.82. The van der Waals surface area contributed by atoms with Crippen LogP contribution in [0.4, 0.5) is 8.78 Å². The number of rotatable bonds is 8. The summed E-state index contributed by atoms with van der Waals surface area (Å²) in [7, 11) is 0. The smallest absolute Gasteiger partial charge is 0.191 e. The fourth-order valence-corrected chi connectivity index (χ4v) is 3.20. The Kier molecular flexibility index (Phi) is 9.89. The van der Waals surface area contributed by atoms with Gasteiger partial charge in [0.2, 0.25) is 0 Å². The van der Waals surface area contributed by atoms with Crippen molar-refractivity contribution in [3.8, 4) is 0 Å². The maximum Gasteiger partial charge on any atom is 0.191 e. The summed E-state index contributed by atoms with van der Waals surface area (Å²) in [5.74, 6) is 0.244. The number of hydrogen-bond donors (Lipinski definition) is 2. The van der Waals surface area contributed by atoms with E-state index in [-0.39, 0.29) is 30.0 Å². The monoisotopic (exact) mass is 534 g/mol. The average molecular weight is 534 g/mol. The Morgan fingerprint density at radius 2 is 2.20 bits per heavy atom. The molecule has 2 heterocycles. The van der Waals surface area contributed by atoms with E-state index in [9.17, 15) is 8.78 Å². The van der Waals surface area contributed by atoms with Gasteiger partial charge in [-0.3, -0.25) is 4.99 Å². The summed E-state index contributed by atoms with van der Waals surface area (Å²) in [4.78, 5) is 4.68. The van der Waals surface area contributed by atoms with E-state index in [0.717, 1.165) is 37.9 Å². The third-order valence-corrected chi connectivity index (χ3v) is 4.99. The van der Waals surface area contributed by atoms with Crippen molar-refractivity contribution in [1.82, 2.24) is 25.4 Å². The molecule has 30 heavy (non-hydrogen) atoms. The number of nitrogens with one attached hydrogen (secondary N) is 2. The van der Waals surface area contributed by atoms with E-state index in [2.05, 4.69) is 25.8 Å². The Morgan fingerprint density at radius 1 is 1.37 bits per heavy atom. The summed E-state index contributed by atoms with van der Waals surface area (Å²) in [6.07, 6.45) is 3.52. The van der Waals surface area contributed by atoms with Crippen molar-refractivity contribution >= 4 is 29.9 Å². The van der Waals surface area contributed by atoms with Crippen LogP contribution in [0.3, 0.4) is 0 Å². The molecule has 1 aromatic heterocycles. The van der Waals surface area contributed by atoms with Crippen LogP contribution in [-0.2, 0) is 17.7 Å². The second-order valence-corrected chi connectivity index (χ2v) is 7.18. The highest BCUT2D eigenvalue weighted by Crippen LogP contribution is 2.16. The zero-order chi connectivity index (χ0) is 20.6. The second kappa shape index (κ2) is 12.1. The summed E-state index contributed by atoms with van der Waals surface area (Å²) in [5.41, 5.74) is 0.648.